The zero-order valence-electron chi connectivity index (χ0n) is 11.3. The second-order valence-electron chi connectivity index (χ2n) is 4.78. The normalized spacial score (nSPS) is 18.6. The highest BCUT2D eigenvalue weighted by Gasteiger charge is 2.18. The lowest BCUT2D eigenvalue weighted by Gasteiger charge is -2.21. The van der Waals surface area contributed by atoms with Crippen molar-refractivity contribution in [2.75, 3.05) is 19.7 Å². The van der Waals surface area contributed by atoms with Gasteiger partial charge in [-0.3, -0.25) is 0 Å². The molecule has 1 aliphatic heterocycles. The molecule has 1 fully saturated rings. The van der Waals surface area contributed by atoms with E-state index in [1.165, 1.54) is 5.56 Å². The molecule has 2 aromatic rings. The largest absolute Gasteiger partial charge is 0.375 e. The SMILES string of the molecule is Cc1ccc(-c2noc(CC3CNCCO3)n2)cc1.Cl. The third kappa shape index (κ3) is 3.56. The minimum Gasteiger partial charge on any atom is -0.375 e. The van der Waals surface area contributed by atoms with E-state index in [4.69, 9.17) is 9.26 Å². The van der Waals surface area contributed by atoms with Gasteiger partial charge in [-0.1, -0.05) is 35.0 Å². The molecular formula is C14H18ClN3O2. The van der Waals surface area contributed by atoms with E-state index in [0.717, 1.165) is 25.3 Å². The maximum absolute atomic E-state index is 5.62. The highest BCUT2D eigenvalue weighted by atomic mass is 35.5. The van der Waals surface area contributed by atoms with Gasteiger partial charge in [-0.05, 0) is 6.92 Å². The number of nitrogens with zero attached hydrogens (tertiary/aromatic N) is 2. The van der Waals surface area contributed by atoms with Crippen LogP contribution in [0.2, 0.25) is 0 Å². The molecule has 1 unspecified atom stereocenters. The first-order chi connectivity index (χ1) is 9.31. The van der Waals surface area contributed by atoms with Crippen molar-refractivity contribution in [3.05, 3.63) is 35.7 Å². The molecule has 6 heteroatoms. The van der Waals surface area contributed by atoms with Gasteiger partial charge < -0.3 is 14.6 Å². The van der Waals surface area contributed by atoms with Crippen LogP contribution in [-0.2, 0) is 11.2 Å². The number of aryl methyl sites for hydroxylation is 1. The Morgan fingerprint density at radius 1 is 1.30 bits per heavy atom. The molecule has 1 aliphatic rings. The lowest BCUT2D eigenvalue weighted by Crippen LogP contribution is -2.39. The summed E-state index contributed by atoms with van der Waals surface area (Å²) in [7, 11) is 0. The van der Waals surface area contributed by atoms with Crippen molar-refractivity contribution in [2.45, 2.75) is 19.4 Å². The number of halogens is 1. The molecule has 2 heterocycles. The van der Waals surface area contributed by atoms with E-state index in [-0.39, 0.29) is 18.5 Å². The number of ether oxygens (including phenoxy) is 1. The van der Waals surface area contributed by atoms with Gasteiger partial charge in [0, 0.05) is 18.7 Å². The van der Waals surface area contributed by atoms with E-state index in [0.29, 0.717) is 18.1 Å². The highest BCUT2D eigenvalue weighted by Crippen LogP contribution is 2.17. The van der Waals surface area contributed by atoms with Gasteiger partial charge in [0.25, 0.3) is 0 Å². The van der Waals surface area contributed by atoms with Crippen LogP contribution in [0.3, 0.4) is 0 Å². The Morgan fingerprint density at radius 2 is 2.10 bits per heavy atom. The van der Waals surface area contributed by atoms with E-state index < -0.39 is 0 Å². The summed E-state index contributed by atoms with van der Waals surface area (Å²) in [5, 5.41) is 7.30. The first-order valence-corrected chi connectivity index (χ1v) is 6.53. The van der Waals surface area contributed by atoms with Gasteiger partial charge in [-0.25, -0.2) is 0 Å². The summed E-state index contributed by atoms with van der Waals surface area (Å²) in [5.74, 6) is 1.27. The number of benzene rings is 1. The van der Waals surface area contributed by atoms with Crippen LogP contribution in [0.5, 0.6) is 0 Å². The molecule has 0 saturated carbocycles. The molecule has 0 radical (unpaired) electrons. The summed E-state index contributed by atoms with van der Waals surface area (Å²) < 4.78 is 10.9. The smallest absolute Gasteiger partial charge is 0.229 e. The van der Waals surface area contributed by atoms with Crippen LogP contribution in [0.25, 0.3) is 11.4 Å². The van der Waals surface area contributed by atoms with E-state index >= 15 is 0 Å². The molecule has 1 aromatic heterocycles. The quantitative estimate of drug-likeness (QED) is 0.938. The second-order valence-corrected chi connectivity index (χ2v) is 4.78. The Hall–Kier alpha value is -1.43. The van der Waals surface area contributed by atoms with Crippen molar-refractivity contribution in [1.29, 1.82) is 0 Å². The van der Waals surface area contributed by atoms with Crippen LogP contribution in [0.15, 0.2) is 28.8 Å². The zero-order chi connectivity index (χ0) is 13.1. The van der Waals surface area contributed by atoms with E-state index in [1.54, 1.807) is 0 Å². The molecule has 0 aliphatic carbocycles. The third-order valence-electron chi connectivity index (χ3n) is 3.18. The third-order valence-corrected chi connectivity index (χ3v) is 3.18. The number of hydrogen-bond donors (Lipinski definition) is 1. The zero-order valence-corrected chi connectivity index (χ0v) is 12.2. The summed E-state index contributed by atoms with van der Waals surface area (Å²) in [6.45, 7) is 4.54. The molecule has 0 bridgehead atoms. The Labute approximate surface area is 124 Å². The second kappa shape index (κ2) is 6.83. The van der Waals surface area contributed by atoms with Gasteiger partial charge in [-0.15, -0.1) is 12.4 Å². The molecule has 108 valence electrons. The predicted molar refractivity (Wildman–Crippen MR) is 78.0 cm³/mol. The summed E-state index contributed by atoms with van der Waals surface area (Å²) in [5.41, 5.74) is 2.19. The maximum Gasteiger partial charge on any atom is 0.229 e. The average molecular weight is 296 g/mol. The van der Waals surface area contributed by atoms with Crippen molar-refractivity contribution >= 4 is 12.4 Å². The number of hydrogen-bond acceptors (Lipinski definition) is 5. The number of rotatable bonds is 3. The fraction of sp³-hybridized carbons (Fsp3) is 0.429. The Kier molecular flexibility index (Phi) is 5.11. The van der Waals surface area contributed by atoms with Crippen LogP contribution in [0.4, 0.5) is 0 Å². The standard InChI is InChI=1S/C14H17N3O2.ClH/c1-10-2-4-11(5-3-10)14-16-13(19-17-14)8-12-9-15-6-7-18-12;/h2-5,12,15H,6-9H2,1H3;1H. The van der Waals surface area contributed by atoms with E-state index in [9.17, 15) is 0 Å². The van der Waals surface area contributed by atoms with Crippen molar-refractivity contribution in [1.82, 2.24) is 15.5 Å². The van der Waals surface area contributed by atoms with Crippen molar-refractivity contribution in [3.63, 3.8) is 0 Å². The van der Waals surface area contributed by atoms with Gasteiger partial charge in [0.05, 0.1) is 19.1 Å². The number of nitrogens with one attached hydrogen (secondary N) is 1. The maximum atomic E-state index is 5.62. The summed E-state index contributed by atoms with van der Waals surface area (Å²) >= 11 is 0. The summed E-state index contributed by atoms with van der Waals surface area (Å²) in [6, 6.07) is 8.09. The van der Waals surface area contributed by atoms with Gasteiger partial charge in [0.2, 0.25) is 11.7 Å². The summed E-state index contributed by atoms with van der Waals surface area (Å²) in [6.07, 6.45) is 0.784. The van der Waals surface area contributed by atoms with Crippen molar-refractivity contribution in [3.8, 4) is 11.4 Å². The predicted octanol–water partition coefficient (Wildman–Crippen LogP) is 2.00. The van der Waals surface area contributed by atoms with Crippen LogP contribution < -0.4 is 5.32 Å². The topological polar surface area (TPSA) is 60.2 Å². The van der Waals surface area contributed by atoms with Crippen molar-refractivity contribution < 1.29 is 9.26 Å². The fourth-order valence-electron chi connectivity index (χ4n) is 2.10. The number of aromatic nitrogens is 2. The van der Waals surface area contributed by atoms with Crippen LogP contribution in [0.1, 0.15) is 11.5 Å². The van der Waals surface area contributed by atoms with Gasteiger partial charge in [-0.2, -0.15) is 4.98 Å². The van der Waals surface area contributed by atoms with Crippen molar-refractivity contribution in [2.24, 2.45) is 0 Å². The van der Waals surface area contributed by atoms with Crippen LogP contribution >= 0.6 is 12.4 Å². The molecule has 1 N–H and O–H groups in total. The van der Waals surface area contributed by atoms with Crippen LogP contribution in [0, 0.1) is 6.92 Å². The highest BCUT2D eigenvalue weighted by molar-refractivity contribution is 5.85. The van der Waals surface area contributed by atoms with E-state index in [2.05, 4.69) is 22.4 Å². The molecule has 3 rings (SSSR count). The van der Waals surface area contributed by atoms with Gasteiger partial charge in [0.1, 0.15) is 0 Å². The molecule has 1 atom stereocenters. The lowest BCUT2D eigenvalue weighted by atomic mass is 10.1. The van der Waals surface area contributed by atoms with Crippen LogP contribution in [-0.4, -0.2) is 35.9 Å². The lowest BCUT2D eigenvalue weighted by molar-refractivity contribution is 0.0246. The Morgan fingerprint density at radius 3 is 2.80 bits per heavy atom. The molecule has 5 nitrogen and oxygen atoms in total. The Bertz CT molecular complexity index is 536. The first kappa shape index (κ1) is 15.0. The molecular weight excluding hydrogens is 278 g/mol. The molecule has 0 spiro atoms. The van der Waals surface area contributed by atoms with Gasteiger partial charge >= 0.3 is 0 Å². The number of morpholine rings is 1. The monoisotopic (exact) mass is 295 g/mol. The minimum absolute atomic E-state index is 0. The minimum atomic E-state index is 0. The fourth-order valence-corrected chi connectivity index (χ4v) is 2.10. The first-order valence-electron chi connectivity index (χ1n) is 6.53. The molecule has 20 heavy (non-hydrogen) atoms. The Balaban J connectivity index is 0.00000147. The molecule has 0 amide bonds. The van der Waals surface area contributed by atoms with Gasteiger partial charge in [0.15, 0.2) is 0 Å². The molecule has 1 saturated heterocycles. The average Bonchev–Trinajstić information content (AvgIpc) is 2.89. The van der Waals surface area contributed by atoms with E-state index in [1.807, 2.05) is 24.3 Å². The molecule has 1 aromatic carbocycles. The summed E-state index contributed by atoms with van der Waals surface area (Å²) in [4.78, 5) is 4.42.